The van der Waals surface area contributed by atoms with Gasteiger partial charge in [-0.25, -0.2) is 0 Å². The predicted octanol–water partition coefficient (Wildman–Crippen LogP) is 2.29. The van der Waals surface area contributed by atoms with Gasteiger partial charge in [-0.2, -0.15) is 0 Å². The third-order valence-electron chi connectivity index (χ3n) is 5.00. The summed E-state index contributed by atoms with van der Waals surface area (Å²) in [4.78, 5) is 2.48. The average Bonchev–Trinajstić information content (AvgIpc) is 2.99. The Hall–Kier alpha value is -0.900. The first-order chi connectivity index (χ1) is 9.82. The van der Waals surface area contributed by atoms with E-state index in [9.17, 15) is 0 Å². The second-order valence-electron chi connectivity index (χ2n) is 6.28. The van der Waals surface area contributed by atoms with E-state index >= 15 is 0 Å². The van der Waals surface area contributed by atoms with Gasteiger partial charge < -0.3 is 10.5 Å². The van der Waals surface area contributed by atoms with Gasteiger partial charge in [0.2, 0.25) is 0 Å². The van der Waals surface area contributed by atoms with Crippen molar-refractivity contribution in [2.24, 2.45) is 5.73 Å². The lowest BCUT2D eigenvalue weighted by Crippen LogP contribution is -2.36. The summed E-state index contributed by atoms with van der Waals surface area (Å²) in [5.74, 6) is 0. The molecule has 1 saturated heterocycles. The summed E-state index contributed by atoms with van der Waals surface area (Å²) < 4.78 is 5.42. The normalized spacial score (nSPS) is 23.1. The van der Waals surface area contributed by atoms with Crippen molar-refractivity contribution < 1.29 is 4.74 Å². The van der Waals surface area contributed by atoms with Crippen molar-refractivity contribution in [1.82, 2.24) is 4.90 Å². The molecule has 110 valence electrons. The molecule has 0 bridgehead atoms. The number of rotatable bonds is 4. The molecule has 2 fully saturated rings. The summed E-state index contributed by atoms with van der Waals surface area (Å²) in [6, 6.07) is 9.13. The van der Waals surface area contributed by atoms with E-state index in [1.54, 1.807) is 0 Å². The summed E-state index contributed by atoms with van der Waals surface area (Å²) in [6.07, 6.45) is 5.16. The van der Waals surface area contributed by atoms with Crippen molar-refractivity contribution in [2.75, 3.05) is 32.8 Å². The minimum absolute atomic E-state index is 0.251. The van der Waals surface area contributed by atoms with E-state index in [-0.39, 0.29) is 5.41 Å². The molecule has 1 aliphatic heterocycles. The van der Waals surface area contributed by atoms with E-state index in [2.05, 4.69) is 29.2 Å². The minimum atomic E-state index is 0.251. The number of nitrogens with two attached hydrogens (primary N) is 1. The molecule has 1 heterocycles. The van der Waals surface area contributed by atoms with Crippen LogP contribution in [0.3, 0.4) is 0 Å². The summed E-state index contributed by atoms with van der Waals surface area (Å²) in [5.41, 5.74) is 9.24. The fourth-order valence-corrected chi connectivity index (χ4v) is 3.68. The van der Waals surface area contributed by atoms with Crippen LogP contribution in [0.5, 0.6) is 0 Å². The van der Waals surface area contributed by atoms with Crippen LogP contribution in [-0.2, 0) is 16.7 Å². The molecule has 2 N–H and O–H groups in total. The van der Waals surface area contributed by atoms with Crippen LogP contribution >= 0.6 is 0 Å². The number of morpholine rings is 1. The highest BCUT2D eigenvalue weighted by atomic mass is 16.5. The molecule has 3 heteroatoms. The Morgan fingerprint density at radius 3 is 2.60 bits per heavy atom. The highest BCUT2D eigenvalue weighted by Crippen LogP contribution is 2.40. The van der Waals surface area contributed by atoms with Gasteiger partial charge in [0.15, 0.2) is 0 Å². The third kappa shape index (κ3) is 2.90. The molecule has 0 atom stereocenters. The predicted molar refractivity (Wildman–Crippen MR) is 81.7 cm³/mol. The first-order valence-electron chi connectivity index (χ1n) is 7.92. The lowest BCUT2D eigenvalue weighted by Gasteiger charge is -2.30. The molecule has 0 amide bonds. The monoisotopic (exact) mass is 274 g/mol. The van der Waals surface area contributed by atoms with Crippen molar-refractivity contribution in [3.8, 4) is 0 Å². The maximum Gasteiger partial charge on any atom is 0.0594 e. The van der Waals surface area contributed by atoms with Gasteiger partial charge in [0, 0.05) is 31.6 Å². The minimum Gasteiger partial charge on any atom is -0.379 e. The Kier molecular flexibility index (Phi) is 4.39. The van der Waals surface area contributed by atoms with Gasteiger partial charge in [-0.05, 0) is 24.0 Å². The fourth-order valence-electron chi connectivity index (χ4n) is 3.68. The molecule has 0 unspecified atom stereocenters. The van der Waals surface area contributed by atoms with Crippen molar-refractivity contribution >= 4 is 0 Å². The molecule has 3 rings (SSSR count). The molecular weight excluding hydrogens is 248 g/mol. The Balaban J connectivity index is 1.75. The largest absolute Gasteiger partial charge is 0.379 e. The van der Waals surface area contributed by atoms with Crippen LogP contribution in [0.15, 0.2) is 24.3 Å². The number of benzene rings is 1. The highest BCUT2D eigenvalue weighted by Gasteiger charge is 2.34. The van der Waals surface area contributed by atoms with Gasteiger partial charge in [-0.3, -0.25) is 4.90 Å². The second kappa shape index (κ2) is 6.25. The fraction of sp³-hybridized carbons (Fsp3) is 0.647. The van der Waals surface area contributed by atoms with Crippen LogP contribution in [0, 0.1) is 0 Å². The second-order valence-corrected chi connectivity index (χ2v) is 6.28. The molecule has 1 saturated carbocycles. The maximum absolute atomic E-state index is 6.11. The van der Waals surface area contributed by atoms with Crippen LogP contribution in [0.25, 0.3) is 0 Å². The summed E-state index contributed by atoms with van der Waals surface area (Å²) in [5, 5.41) is 0. The maximum atomic E-state index is 6.11. The zero-order valence-electron chi connectivity index (χ0n) is 12.3. The molecule has 1 aromatic rings. The summed E-state index contributed by atoms with van der Waals surface area (Å²) in [6.45, 7) is 5.66. The van der Waals surface area contributed by atoms with E-state index in [1.165, 1.54) is 36.8 Å². The van der Waals surface area contributed by atoms with Gasteiger partial charge in [-0.1, -0.05) is 37.1 Å². The SMILES string of the molecule is NCC1(c2cccc(CN3CCOCC3)c2)CCCC1. The molecular formula is C17H26N2O. The molecule has 1 aliphatic carbocycles. The number of hydrogen-bond donors (Lipinski definition) is 1. The van der Waals surface area contributed by atoms with E-state index in [1.807, 2.05) is 0 Å². The Labute approximate surface area is 122 Å². The topological polar surface area (TPSA) is 38.5 Å². The van der Waals surface area contributed by atoms with Crippen LogP contribution in [0.4, 0.5) is 0 Å². The van der Waals surface area contributed by atoms with Crippen LogP contribution < -0.4 is 5.73 Å². The van der Waals surface area contributed by atoms with E-state index < -0.39 is 0 Å². The molecule has 3 nitrogen and oxygen atoms in total. The van der Waals surface area contributed by atoms with Crippen molar-refractivity contribution in [3.05, 3.63) is 35.4 Å². The highest BCUT2D eigenvalue weighted by molar-refractivity contribution is 5.31. The first kappa shape index (κ1) is 14.1. The first-order valence-corrected chi connectivity index (χ1v) is 7.92. The Morgan fingerprint density at radius 1 is 1.15 bits per heavy atom. The molecule has 0 radical (unpaired) electrons. The van der Waals surface area contributed by atoms with Crippen molar-refractivity contribution in [1.29, 1.82) is 0 Å². The van der Waals surface area contributed by atoms with E-state index in [0.29, 0.717) is 0 Å². The molecule has 2 aliphatic rings. The van der Waals surface area contributed by atoms with E-state index in [4.69, 9.17) is 10.5 Å². The lowest BCUT2D eigenvalue weighted by molar-refractivity contribution is 0.0342. The zero-order valence-corrected chi connectivity index (χ0v) is 12.3. The van der Waals surface area contributed by atoms with Crippen molar-refractivity contribution in [3.63, 3.8) is 0 Å². The smallest absolute Gasteiger partial charge is 0.0594 e. The average molecular weight is 274 g/mol. The number of nitrogens with zero attached hydrogens (tertiary/aromatic N) is 1. The van der Waals surface area contributed by atoms with Gasteiger partial charge in [0.1, 0.15) is 0 Å². The molecule has 20 heavy (non-hydrogen) atoms. The molecule has 1 aromatic carbocycles. The standard InChI is InChI=1S/C17H26N2O/c18-14-17(6-1-2-7-17)16-5-3-4-15(12-16)13-19-8-10-20-11-9-19/h3-5,12H,1-2,6-11,13-14,18H2. The van der Waals surface area contributed by atoms with Crippen molar-refractivity contribution in [2.45, 2.75) is 37.6 Å². The Morgan fingerprint density at radius 2 is 1.90 bits per heavy atom. The van der Waals surface area contributed by atoms with Crippen LogP contribution in [-0.4, -0.2) is 37.7 Å². The van der Waals surface area contributed by atoms with E-state index in [0.717, 1.165) is 39.4 Å². The van der Waals surface area contributed by atoms with Gasteiger partial charge >= 0.3 is 0 Å². The Bertz CT molecular complexity index is 434. The third-order valence-corrected chi connectivity index (χ3v) is 5.00. The van der Waals surface area contributed by atoms with Gasteiger partial charge in [0.05, 0.1) is 13.2 Å². The zero-order chi connectivity index (χ0) is 13.8. The summed E-state index contributed by atoms with van der Waals surface area (Å²) >= 11 is 0. The summed E-state index contributed by atoms with van der Waals surface area (Å²) in [7, 11) is 0. The lowest BCUT2D eigenvalue weighted by atomic mass is 9.78. The number of ether oxygens (including phenoxy) is 1. The van der Waals surface area contributed by atoms with Gasteiger partial charge in [-0.15, -0.1) is 0 Å². The van der Waals surface area contributed by atoms with Gasteiger partial charge in [0.25, 0.3) is 0 Å². The van der Waals surface area contributed by atoms with Crippen LogP contribution in [0.1, 0.15) is 36.8 Å². The molecule has 0 aromatic heterocycles. The number of hydrogen-bond acceptors (Lipinski definition) is 3. The quantitative estimate of drug-likeness (QED) is 0.915. The molecule has 0 spiro atoms. The van der Waals surface area contributed by atoms with Crippen LogP contribution in [0.2, 0.25) is 0 Å².